The number of benzene rings is 2. The zero-order valence-electron chi connectivity index (χ0n) is 17.7. The molecule has 31 heavy (non-hydrogen) atoms. The number of thiazole rings is 1. The van der Waals surface area contributed by atoms with E-state index in [-0.39, 0.29) is 4.90 Å². The minimum Gasteiger partial charge on any atom is -0.312 e. The molecule has 162 valence electrons. The fraction of sp³-hybridized carbons (Fsp3) is 0.304. The van der Waals surface area contributed by atoms with Gasteiger partial charge in [0.05, 0.1) is 15.1 Å². The van der Waals surface area contributed by atoms with Crippen LogP contribution in [0.25, 0.3) is 10.2 Å². The lowest BCUT2D eigenvalue weighted by Gasteiger charge is -2.15. The van der Waals surface area contributed by atoms with E-state index in [0.29, 0.717) is 30.0 Å². The standard InChI is InChI=1S/C23H25N3O3S2/c1-4-11-26-21-17(3)14-16(2)15-20(21)30-23(26)24-22(27)18-7-9-19(10-8-18)31(28,29)25-12-5-6-13-25/h4,7-10,14-15H,1,5-6,11-13H2,2-3H3. The molecule has 4 rings (SSSR count). The van der Waals surface area contributed by atoms with Gasteiger partial charge in [-0.2, -0.15) is 9.30 Å². The first kappa shape index (κ1) is 21.7. The molecule has 3 aromatic rings. The molecule has 2 aromatic carbocycles. The van der Waals surface area contributed by atoms with Crippen LogP contribution in [0.15, 0.2) is 58.9 Å². The molecule has 0 N–H and O–H groups in total. The van der Waals surface area contributed by atoms with Crippen LogP contribution in [0.4, 0.5) is 0 Å². The van der Waals surface area contributed by atoms with Crippen LogP contribution in [0.1, 0.15) is 34.3 Å². The second-order valence-electron chi connectivity index (χ2n) is 7.77. The Morgan fingerprint density at radius 1 is 1.16 bits per heavy atom. The first-order valence-corrected chi connectivity index (χ1v) is 12.5. The maximum absolute atomic E-state index is 12.9. The second-order valence-corrected chi connectivity index (χ2v) is 10.7. The van der Waals surface area contributed by atoms with Crippen LogP contribution in [0.3, 0.4) is 0 Å². The molecule has 1 aliphatic heterocycles. The number of carbonyl (C=O) groups is 1. The van der Waals surface area contributed by atoms with Crippen molar-refractivity contribution in [1.82, 2.24) is 8.87 Å². The Hall–Kier alpha value is -2.55. The summed E-state index contributed by atoms with van der Waals surface area (Å²) in [5.74, 6) is -0.399. The van der Waals surface area contributed by atoms with E-state index in [4.69, 9.17) is 0 Å². The van der Waals surface area contributed by atoms with Crippen molar-refractivity contribution in [3.05, 3.63) is 70.5 Å². The molecule has 1 aromatic heterocycles. The first-order chi connectivity index (χ1) is 14.8. The van der Waals surface area contributed by atoms with Gasteiger partial charge >= 0.3 is 0 Å². The molecule has 1 fully saturated rings. The summed E-state index contributed by atoms with van der Waals surface area (Å²) >= 11 is 1.46. The highest BCUT2D eigenvalue weighted by Gasteiger charge is 2.27. The monoisotopic (exact) mass is 455 g/mol. The molecule has 0 aliphatic carbocycles. The normalized spacial score (nSPS) is 15.6. The van der Waals surface area contributed by atoms with Gasteiger partial charge in [-0.15, -0.1) is 6.58 Å². The third-order valence-corrected chi connectivity index (χ3v) is 8.36. The largest absolute Gasteiger partial charge is 0.312 e. The van der Waals surface area contributed by atoms with Crippen LogP contribution in [0.5, 0.6) is 0 Å². The first-order valence-electron chi connectivity index (χ1n) is 10.2. The predicted octanol–water partition coefficient (Wildman–Crippen LogP) is 4.03. The van der Waals surface area contributed by atoms with E-state index in [9.17, 15) is 13.2 Å². The number of hydrogen-bond donors (Lipinski definition) is 0. The number of aromatic nitrogens is 1. The third kappa shape index (κ3) is 4.15. The van der Waals surface area contributed by atoms with Crippen LogP contribution in [0.2, 0.25) is 0 Å². The van der Waals surface area contributed by atoms with Gasteiger partial charge in [0.15, 0.2) is 4.80 Å². The molecule has 0 atom stereocenters. The molecule has 0 saturated carbocycles. The lowest BCUT2D eigenvalue weighted by molar-refractivity contribution is 0.0997. The van der Waals surface area contributed by atoms with Crippen molar-refractivity contribution in [3.8, 4) is 0 Å². The minimum absolute atomic E-state index is 0.209. The van der Waals surface area contributed by atoms with Crippen LogP contribution in [-0.4, -0.2) is 36.3 Å². The molecule has 0 radical (unpaired) electrons. The third-order valence-electron chi connectivity index (χ3n) is 5.42. The van der Waals surface area contributed by atoms with Crippen LogP contribution < -0.4 is 4.80 Å². The van der Waals surface area contributed by atoms with Crippen molar-refractivity contribution >= 4 is 37.5 Å². The van der Waals surface area contributed by atoms with Gasteiger partial charge < -0.3 is 4.57 Å². The molecule has 2 heterocycles. The Bertz CT molecular complexity index is 1330. The van der Waals surface area contributed by atoms with Gasteiger partial charge in [0.25, 0.3) is 5.91 Å². The molecule has 0 bridgehead atoms. The van der Waals surface area contributed by atoms with E-state index in [2.05, 4.69) is 23.7 Å². The summed E-state index contributed by atoms with van der Waals surface area (Å²) in [7, 11) is -3.50. The predicted molar refractivity (Wildman–Crippen MR) is 124 cm³/mol. The zero-order valence-corrected chi connectivity index (χ0v) is 19.3. The lowest BCUT2D eigenvalue weighted by Crippen LogP contribution is -2.27. The summed E-state index contributed by atoms with van der Waals surface area (Å²) in [6.07, 6.45) is 3.55. The van der Waals surface area contributed by atoms with Crippen LogP contribution in [-0.2, 0) is 16.6 Å². The molecule has 6 nitrogen and oxygen atoms in total. The van der Waals surface area contributed by atoms with E-state index < -0.39 is 15.9 Å². The van der Waals surface area contributed by atoms with Gasteiger partial charge in [-0.05, 0) is 68.1 Å². The molecule has 0 unspecified atom stereocenters. The summed E-state index contributed by atoms with van der Waals surface area (Å²) in [5.41, 5.74) is 3.69. The molecule has 8 heteroatoms. The molecule has 1 saturated heterocycles. The summed E-state index contributed by atoms with van der Waals surface area (Å²) in [6, 6.07) is 10.3. The smallest absolute Gasteiger partial charge is 0.279 e. The Kier molecular flexibility index (Phi) is 5.96. The number of carbonyl (C=O) groups excluding carboxylic acids is 1. The number of aryl methyl sites for hydroxylation is 2. The highest BCUT2D eigenvalue weighted by molar-refractivity contribution is 7.89. The fourth-order valence-corrected chi connectivity index (χ4v) is 6.70. The van der Waals surface area contributed by atoms with Crippen molar-refractivity contribution in [2.75, 3.05) is 13.1 Å². The Morgan fingerprint density at radius 3 is 2.48 bits per heavy atom. The summed E-state index contributed by atoms with van der Waals surface area (Å²) in [4.78, 5) is 18.0. The van der Waals surface area contributed by atoms with Crippen molar-refractivity contribution in [2.24, 2.45) is 4.99 Å². The second kappa shape index (κ2) is 8.53. The summed E-state index contributed by atoms with van der Waals surface area (Å²) < 4.78 is 29.9. The van der Waals surface area contributed by atoms with Gasteiger partial charge in [-0.25, -0.2) is 8.42 Å². The Morgan fingerprint density at radius 2 is 1.84 bits per heavy atom. The van der Waals surface area contributed by atoms with Gasteiger partial charge in [0.1, 0.15) is 0 Å². The average Bonchev–Trinajstić information content (AvgIpc) is 3.38. The number of sulfonamides is 1. The fourth-order valence-electron chi connectivity index (χ4n) is 3.97. The van der Waals surface area contributed by atoms with E-state index in [1.807, 2.05) is 18.4 Å². The highest BCUT2D eigenvalue weighted by atomic mass is 32.2. The summed E-state index contributed by atoms with van der Waals surface area (Å²) in [6.45, 7) is 9.56. The average molecular weight is 456 g/mol. The van der Waals surface area contributed by atoms with Gasteiger partial charge in [0.2, 0.25) is 10.0 Å². The van der Waals surface area contributed by atoms with Crippen molar-refractivity contribution in [2.45, 2.75) is 38.1 Å². The van der Waals surface area contributed by atoms with Crippen LogP contribution in [0, 0.1) is 13.8 Å². The zero-order chi connectivity index (χ0) is 22.2. The maximum Gasteiger partial charge on any atom is 0.279 e. The molecule has 1 aliphatic rings. The van der Waals surface area contributed by atoms with Crippen LogP contribution >= 0.6 is 11.3 Å². The number of fused-ring (bicyclic) bond motifs is 1. The quantitative estimate of drug-likeness (QED) is 0.545. The number of hydrogen-bond acceptors (Lipinski definition) is 4. The van der Waals surface area contributed by atoms with E-state index in [1.165, 1.54) is 39.9 Å². The number of allylic oxidation sites excluding steroid dienone is 1. The van der Waals surface area contributed by atoms with E-state index in [1.54, 1.807) is 6.08 Å². The topological polar surface area (TPSA) is 71.7 Å². The van der Waals surface area contributed by atoms with E-state index >= 15 is 0 Å². The SMILES string of the molecule is C=CCn1c(=NC(=O)c2ccc(S(=O)(=O)N3CCCC3)cc2)sc2cc(C)cc(C)c21. The Balaban J connectivity index is 1.70. The van der Waals surface area contributed by atoms with Gasteiger partial charge in [0, 0.05) is 25.2 Å². The van der Waals surface area contributed by atoms with Crippen molar-refractivity contribution in [3.63, 3.8) is 0 Å². The van der Waals surface area contributed by atoms with Gasteiger partial charge in [-0.3, -0.25) is 4.79 Å². The van der Waals surface area contributed by atoms with Crippen molar-refractivity contribution in [1.29, 1.82) is 0 Å². The van der Waals surface area contributed by atoms with E-state index in [0.717, 1.165) is 34.2 Å². The number of rotatable bonds is 5. The lowest BCUT2D eigenvalue weighted by atomic mass is 10.1. The number of amides is 1. The Labute approximate surface area is 186 Å². The summed E-state index contributed by atoms with van der Waals surface area (Å²) in [5, 5.41) is 0. The molecular weight excluding hydrogens is 430 g/mol. The minimum atomic E-state index is -3.50. The van der Waals surface area contributed by atoms with Crippen molar-refractivity contribution < 1.29 is 13.2 Å². The molecule has 0 spiro atoms. The number of nitrogens with zero attached hydrogens (tertiary/aromatic N) is 3. The maximum atomic E-state index is 12.9. The highest BCUT2D eigenvalue weighted by Crippen LogP contribution is 2.24. The molecule has 1 amide bonds. The van der Waals surface area contributed by atoms with Gasteiger partial charge in [-0.1, -0.05) is 23.5 Å². The molecular formula is C23H25N3O3S2.